The minimum absolute atomic E-state index is 0.172. The van der Waals surface area contributed by atoms with E-state index in [1.165, 1.54) is 18.3 Å². The van der Waals surface area contributed by atoms with E-state index in [0.29, 0.717) is 0 Å². The molecule has 1 amide bonds. The third kappa shape index (κ3) is 4.95. The van der Waals surface area contributed by atoms with E-state index in [0.717, 1.165) is 23.3 Å². The highest BCUT2D eigenvalue weighted by Gasteiger charge is 2.30. The van der Waals surface area contributed by atoms with Crippen LogP contribution in [0, 0.1) is 6.92 Å². The highest BCUT2D eigenvalue weighted by molar-refractivity contribution is 5.84. The molecule has 0 aromatic heterocycles. The number of rotatable bonds is 4. The first-order valence-corrected chi connectivity index (χ1v) is 6.90. The lowest BCUT2D eigenvalue weighted by atomic mass is 10.1. The highest BCUT2D eigenvalue weighted by Crippen LogP contribution is 2.29. The Morgan fingerprint density at radius 1 is 1.17 bits per heavy atom. The summed E-state index contributed by atoms with van der Waals surface area (Å²) in [7, 11) is 0. The van der Waals surface area contributed by atoms with Gasteiger partial charge in [-0.05, 0) is 29.7 Å². The van der Waals surface area contributed by atoms with Crippen LogP contribution in [0.1, 0.15) is 22.3 Å². The molecule has 0 aliphatic heterocycles. The summed E-state index contributed by atoms with van der Waals surface area (Å²) < 4.78 is 37.8. The van der Waals surface area contributed by atoms with Crippen LogP contribution in [-0.4, -0.2) is 12.1 Å². The third-order valence-corrected chi connectivity index (χ3v) is 3.20. The van der Waals surface area contributed by atoms with Crippen LogP contribution in [0.15, 0.2) is 53.6 Å². The summed E-state index contributed by atoms with van der Waals surface area (Å²) in [5, 5.41) is 3.82. The van der Waals surface area contributed by atoms with E-state index in [1.54, 1.807) is 0 Å². The Hall–Kier alpha value is -2.63. The molecule has 0 radical (unpaired) electrons. The number of hydrogen-bond donors (Lipinski definition) is 1. The Morgan fingerprint density at radius 3 is 2.61 bits per heavy atom. The number of nitrogens with zero attached hydrogens (tertiary/aromatic N) is 1. The molecule has 0 atom stereocenters. The summed E-state index contributed by atoms with van der Waals surface area (Å²) in [6, 6.07) is 12.2. The van der Waals surface area contributed by atoms with Gasteiger partial charge in [0.15, 0.2) is 0 Å². The molecule has 0 unspecified atom stereocenters. The molecule has 2 rings (SSSR count). The van der Waals surface area contributed by atoms with Crippen molar-refractivity contribution >= 4 is 12.1 Å². The van der Waals surface area contributed by atoms with Crippen molar-refractivity contribution in [2.24, 2.45) is 5.10 Å². The average molecular weight is 320 g/mol. The number of halogens is 3. The van der Waals surface area contributed by atoms with Crippen LogP contribution >= 0.6 is 0 Å². The van der Waals surface area contributed by atoms with Crippen molar-refractivity contribution in [1.29, 1.82) is 0 Å². The molecule has 0 fully saturated rings. The van der Waals surface area contributed by atoms with Crippen LogP contribution in [0.5, 0.6) is 0 Å². The lowest BCUT2D eigenvalue weighted by Crippen LogP contribution is -2.20. The van der Waals surface area contributed by atoms with Gasteiger partial charge in [0.2, 0.25) is 5.91 Å². The second kappa shape index (κ2) is 7.09. The number of benzene rings is 2. The van der Waals surface area contributed by atoms with E-state index in [-0.39, 0.29) is 12.0 Å². The lowest BCUT2D eigenvalue weighted by molar-refractivity contribution is -0.137. The average Bonchev–Trinajstić information content (AvgIpc) is 2.48. The zero-order valence-electron chi connectivity index (χ0n) is 12.4. The van der Waals surface area contributed by atoms with Crippen LogP contribution in [-0.2, 0) is 17.4 Å². The largest absolute Gasteiger partial charge is 0.416 e. The fourth-order valence-corrected chi connectivity index (χ4v) is 1.99. The predicted molar refractivity (Wildman–Crippen MR) is 82.1 cm³/mol. The number of hydrazone groups is 1. The third-order valence-electron chi connectivity index (χ3n) is 3.20. The van der Waals surface area contributed by atoms with E-state index in [9.17, 15) is 18.0 Å². The molecule has 3 nitrogen and oxygen atoms in total. The zero-order chi connectivity index (χ0) is 16.9. The van der Waals surface area contributed by atoms with Gasteiger partial charge in [-0.25, -0.2) is 5.43 Å². The van der Waals surface area contributed by atoms with Gasteiger partial charge in [0, 0.05) is 0 Å². The van der Waals surface area contributed by atoms with Crippen LogP contribution < -0.4 is 5.43 Å². The molecule has 0 aliphatic carbocycles. The standard InChI is InChI=1S/C17H15F3N2O/c1-12-5-2-3-7-14(12)11-21-22-16(23)10-13-6-4-8-15(9-13)17(18,19)20/h2-9,11H,10H2,1H3,(H,22,23)/b21-11-. The van der Waals surface area contributed by atoms with Crippen molar-refractivity contribution in [2.45, 2.75) is 19.5 Å². The van der Waals surface area contributed by atoms with Gasteiger partial charge in [0.05, 0.1) is 18.2 Å². The summed E-state index contributed by atoms with van der Waals surface area (Å²) in [5.41, 5.74) is 3.68. The Labute approximate surface area is 131 Å². The van der Waals surface area contributed by atoms with Crippen molar-refractivity contribution in [1.82, 2.24) is 5.43 Å². The van der Waals surface area contributed by atoms with E-state index in [4.69, 9.17) is 0 Å². The molecule has 6 heteroatoms. The molecule has 0 bridgehead atoms. The Morgan fingerprint density at radius 2 is 1.91 bits per heavy atom. The number of carbonyl (C=O) groups excluding carboxylic acids is 1. The van der Waals surface area contributed by atoms with E-state index >= 15 is 0 Å². The van der Waals surface area contributed by atoms with Crippen LogP contribution in [0.2, 0.25) is 0 Å². The fraction of sp³-hybridized carbons (Fsp3) is 0.176. The van der Waals surface area contributed by atoms with Gasteiger partial charge in [-0.3, -0.25) is 4.79 Å². The maximum Gasteiger partial charge on any atom is 0.416 e. The molecule has 23 heavy (non-hydrogen) atoms. The molecule has 1 N–H and O–H groups in total. The van der Waals surface area contributed by atoms with Crippen molar-refractivity contribution in [3.8, 4) is 0 Å². The monoisotopic (exact) mass is 320 g/mol. The summed E-state index contributed by atoms with van der Waals surface area (Å²) in [6.45, 7) is 1.91. The van der Waals surface area contributed by atoms with Gasteiger partial charge < -0.3 is 0 Å². The van der Waals surface area contributed by atoms with Crippen molar-refractivity contribution in [3.63, 3.8) is 0 Å². The summed E-state index contributed by atoms with van der Waals surface area (Å²) >= 11 is 0. The second-order valence-corrected chi connectivity index (χ2v) is 5.02. The molecular weight excluding hydrogens is 305 g/mol. The molecule has 0 aliphatic rings. The maximum absolute atomic E-state index is 12.6. The van der Waals surface area contributed by atoms with Gasteiger partial charge >= 0.3 is 6.18 Å². The Kier molecular flexibility index (Phi) is 5.16. The van der Waals surface area contributed by atoms with Gasteiger partial charge in [0.25, 0.3) is 0 Å². The molecule has 0 spiro atoms. The second-order valence-electron chi connectivity index (χ2n) is 5.02. The van der Waals surface area contributed by atoms with Crippen molar-refractivity contribution in [2.75, 3.05) is 0 Å². The summed E-state index contributed by atoms with van der Waals surface area (Å²) in [6.07, 6.45) is -3.09. The Balaban J connectivity index is 1.97. The predicted octanol–water partition coefficient (Wildman–Crippen LogP) is 3.71. The van der Waals surface area contributed by atoms with E-state index in [2.05, 4.69) is 10.5 Å². The van der Waals surface area contributed by atoms with Gasteiger partial charge in [-0.2, -0.15) is 18.3 Å². The van der Waals surface area contributed by atoms with Crippen LogP contribution in [0.3, 0.4) is 0 Å². The molecule has 120 valence electrons. The number of alkyl halides is 3. The number of amides is 1. The summed E-state index contributed by atoms with van der Waals surface area (Å²) in [5.74, 6) is -0.478. The van der Waals surface area contributed by atoms with Gasteiger partial charge in [0.1, 0.15) is 0 Å². The van der Waals surface area contributed by atoms with Gasteiger partial charge in [-0.1, -0.05) is 42.5 Å². The normalized spacial score (nSPS) is 11.7. The van der Waals surface area contributed by atoms with Gasteiger partial charge in [-0.15, -0.1) is 0 Å². The first-order valence-electron chi connectivity index (χ1n) is 6.90. The smallest absolute Gasteiger partial charge is 0.273 e. The van der Waals surface area contributed by atoms with Crippen molar-refractivity contribution in [3.05, 3.63) is 70.8 Å². The molecule has 0 saturated carbocycles. The minimum atomic E-state index is -4.42. The number of aryl methyl sites for hydroxylation is 1. The Bertz CT molecular complexity index is 724. The van der Waals surface area contributed by atoms with E-state index < -0.39 is 17.6 Å². The first kappa shape index (κ1) is 16.7. The molecular formula is C17H15F3N2O. The van der Waals surface area contributed by atoms with Crippen LogP contribution in [0.4, 0.5) is 13.2 Å². The number of hydrogen-bond acceptors (Lipinski definition) is 2. The van der Waals surface area contributed by atoms with E-state index in [1.807, 2.05) is 31.2 Å². The SMILES string of the molecule is Cc1ccccc1/C=N\NC(=O)Cc1cccc(C(F)(F)F)c1. The number of nitrogens with one attached hydrogen (secondary N) is 1. The lowest BCUT2D eigenvalue weighted by Gasteiger charge is -2.08. The molecule has 0 saturated heterocycles. The zero-order valence-corrected chi connectivity index (χ0v) is 12.4. The van der Waals surface area contributed by atoms with Crippen LogP contribution in [0.25, 0.3) is 0 Å². The minimum Gasteiger partial charge on any atom is -0.273 e. The topological polar surface area (TPSA) is 41.5 Å². The fourth-order valence-electron chi connectivity index (χ4n) is 1.99. The molecule has 0 heterocycles. The van der Waals surface area contributed by atoms with Crippen molar-refractivity contribution < 1.29 is 18.0 Å². The molecule has 2 aromatic carbocycles. The first-order chi connectivity index (χ1) is 10.9. The highest BCUT2D eigenvalue weighted by atomic mass is 19.4. The summed E-state index contributed by atoms with van der Waals surface area (Å²) in [4.78, 5) is 11.7. The quantitative estimate of drug-likeness (QED) is 0.677. The maximum atomic E-state index is 12.6. The molecule has 2 aromatic rings. The number of carbonyl (C=O) groups is 1.